The van der Waals surface area contributed by atoms with Gasteiger partial charge in [0.2, 0.25) is 0 Å². The van der Waals surface area contributed by atoms with E-state index in [1.165, 1.54) is 5.56 Å². The first-order valence-corrected chi connectivity index (χ1v) is 6.59. The van der Waals surface area contributed by atoms with Crippen LogP contribution < -0.4 is 0 Å². The summed E-state index contributed by atoms with van der Waals surface area (Å²) in [6.07, 6.45) is 0.860. The molecular formula is C16H24NO2+. The van der Waals surface area contributed by atoms with Crippen LogP contribution in [-0.2, 0) is 16.1 Å². The number of ether oxygens (including phenoxy) is 1. The molecule has 0 radical (unpaired) electrons. The zero-order valence-corrected chi connectivity index (χ0v) is 12.2. The second-order valence-corrected chi connectivity index (χ2v) is 5.57. The molecule has 3 nitrogen and oxygen atoms in total. The predicted molar refractivity (Wildman–Crippen MR) is 77.5 cm³/mol. The first kappa shape index (κ1) is 15.4. The fourth-order valence-electron chi connectivity index (χ4n) is 1.94. The van der Waals surface area contributed by atoms with Gasteiger partial charge in [-0.1, -0.05) is 36.9 Å². The van der Waals surface area contributed by atoms with Gasteiger partial charge >= 0.3 is 5.97 Å². The molecule has 0 atom stereocenters. The Labute approximate surface area is 116 Å². The number of carbonyl (C=O) groups excluding carboxylic acids is 1. The minimum atomic E-state index is -0.298. The minimum Gasteiger partial charge on any atom is -0.462 e. The van der Waals surface area contributed by atoms with Crippen molar-refractivity contribution in [3.8, 4) is 0 Å². The van der Waals surface area contributed by atoms with Crippen LogP contribution in [0.15, 0.2) is 42.5 Å². The molecule has 1 aromatic rings. The normalized spacial score (nSPS) is 11.1. The highest BCUT2D eigenvalue weighted by atomic mass is 16.5. The molecule has 0 saturated heterocycles. The van der Waals surface area contributed by atoms with Crippen molar-refractivity contribution in [3.63, 3.8) is 0 Å². The van der Waals surface area contributed by atoms with Crippen LogP contribution in [0.5, 0.6) is 0 Å². The fraction of sp³-hybridized carbons (Fsp3) is 0.438. The molecule has 0 aliphatic rings. The van der Waals surface area contributed by atoms with Crippen molar-refractivity contribution in [2.75, 3.05) is 27.2 Å². The fourth-order valence-corrected chi connectivity index (χ4v) is 1.94. The summed E-state index contributed by atoms with van der Waals surface area (Å²) in [6.45, 7) is 7.64. The predicted octanol–water partition coefficient (Wildman–Crippen LogP) is 2.77. The quantitative estimate of drug-likeness (QED) is 0.327. The van der Waals surface area contributed by atoms with E-state index in [1.807, 2.05) is 6.07 Å². The van der Waals surface area contributed by atoms with Gasteiger partial charge in [-0.15, -0.1) is 0 Å². The van der Waals surface area contributed by atoms with Gasteiger partial charge in [0.25, 0.3) is 0 Å². The van der Waals surface area contributed by atoms with Crippen LogP contribution >= 0.6 is 0 Å². The number of nitrogens with zero attached hydrogens (tertiary/aromatic N) is 1. The van der Waals surface area contributed by atoms with Crippen LogP contribution in [0, 0.1) is 0 Å². The van der Waals surface area contributed by atoms with E-state index in [0.29, 0.717) is 12.2 Å². The van der Waals surface area contributed by atoms with E-state index in [1.54, 1.807) is 6.92 Å². The molecule has 3 heteroatoms. The van der Waals surface area contributed by atoms with E-state index in [0.717, 1.165) is 24.0 Å². The molecule has 0 amide bonds. The number of hydrogen-bond donors (Lipinski definition) is 0. The van der Waals surface area contributed by atoms with Crippen molar-refractivity contribution in [2.24, 2.45) is 0 Å². The van der Waals surface area contributed by atoms with Crippen molar-refractivity contribution in [1.82, 2.24) is 0 Å². The van der Waals surface area contributed by atoms with Gasteiger partial charge in [-0.2, -0.15) is 0 Å². The van der Waals surface area contributed by atoms with Gasteiger partial charge in [0.1, 0.15) is 6.54 Å². The molecule has 104 valence electrons. The molecule has 0 saturated carbocycles. The molecule has 0 aliphatic heterocycles. The van der Waals surface area contributed by atoms with Gasteiger partial charge in [-0.25, -0.2) is 4.79 Å². The lowest BCUT2D eigenvalue weighted by Gasteiger charge is -2.29. The van der Waals surface area contributed by atoms with E-state index >= 15 is 0 Å². The minimum absolute atomic E-state index is 0.298. The molecule has 0 spiro atoms. The maximum absolute atomic E-state index is 11.2. The standard InChI is InChI=1S/C16H24NO2/c1-14(2)16(18)19-12-8-11-17(3,4)13-15-9-6-5-7-10-15/h5-7,9-10H,1,8,11-13H2,2-4H3/q+1. The monoisotopic (exact) mass is 262 g/mol. The van der Waals surface area contributed by atoms with Crippen molar-refractivity contribution < 1.29 is 14.0 Å². The number of hydrogen-bond acceptors (Lipinski definition) is 2. The average Bonchev–Trinajstić information content (AvgIpc) is 2.35. The Balaban J connectivity index is 2.31. The Hall–Kier alpha value is -1.61. The van der Waals surface area contributed by atoms with Crippen molar-refractivity contribution in [1.29, 1.82) is 0 Å². The summed E-state index contributed by atoms with van der Waals surface area (Å²) >= 11 is 0. The van der Waals surface area contributed by atoms with Crippen LogP contribution in [0.4, 0.5) is 0 Å². The highest BCUT2D eigenvalue weighted by Crippen LogP contribution is 2.09. The third-order valence-electron chi connectivity index (χ3n) is 2.94. The number of quaternary nitrogens is 1. The van der Waals surface area contributed by atoms with Crippen LogP contribution in [0.2, 0.25) is 0 Å². The molecule has 1 aromatic carbocycles. The van der Waals surface area contributed by atoms with E-state index in [4.69, 9.17) is 4.74 Å². The van der Waals surface area contributed by atoms with Crippen LogP contribution in [0.3, 0.4) is 0 Å². The molecule has 1 rings (SSSR count). The maximum Gasteiger partial charge on any atom is 0.333 e. The Bertz CT molecular complexity index is 424. The molecule has 0 N–H and O–H groups in total. The van der Waals surface area contributed by atoms with E-state index < -0.39 is 0 Å². The van der Waals surface area contributed by atoms with Gasteiger partial charge in [0, 0.05) is 17.6 Å². The first-order valence-electron chi connectivity index (χ1n) is 6.59. The third-order valence-corrected chi connectivity index (χ3v) is 2.94. The van der Waals surface area contributed by atoms with Gasteiger partial charge in [-0.3, -0.25) is 0 Å². The summed E-state index contributed by atoms with van der Waals surface area (Å²) in [5.41, 5.74) is 1.78. The lowest BCUT2D eigenvalue weighted by Crippen LogP contribution is -2.40. The zero-order valence-electron chi connectivity index (χ0n) is 12.2. The molecule has 0 unspecified atom stereocenters. The highest BCUT2D eigenvalue weighted by molar-refractivity contribution is 5.86. The summed E-state index contributed by atoms with van der Waals surface area (Å²) in [4.78, 5) is 11.2. The van der Waals surface area contributed by atoms with Crippen LogP contribution in [-0.4, -0.2) is 37.7 Å². The SMILES string of the molecule is C=C(C)C(=O)OCCC[N+](C)(C)Cc1ccccc1. The van der Waals surface area contributed by atoms with E-state index in [-0.39, 0.29) is 5.97 Å². The van der Waals surface area contributed by atoms with Crippen LogP contribution in [0.25, 0.3) is 0 Å². The summed E-state index contributed by atoms with van der Waals surface area (Å²) in [5, 5.41) is 0. The molecule has 0 heterocycles. The Morgan fingerprint density at radius 1 is 1.26 bits per heavy atom. The zero-order chi connectivity index (χ0) is 14.3. The maximum atomic E-state index is 11.2. The van der Waals surface area contributed by atoms with E-state index in [9.17, 15) is 4.79 Å². The number of rotatable bonds is 7. The smallest absolute Gasteiger partial charge is 0.333 e. The van der Waals surface area contributed by atoms with Gasteiger partial charge in [0.15, 0.2) is 0 Å². The topological polar surface area (TPSA) is 26.3 Å². The average molecular weight is 262 g/mol. The summed E-state index contributed by atoms with van der Waals surface area (Å²) < 4.78 is 5.98. The number of benzene rings is 1. The Morgan fingerprint density at radius 3 is 2.47 bits per heavy atom. The number of esters is 1. The van der Waals surface area contributed by atoms with Crippen molar-refractivity contribution in [3.05, 3.63) is 48.0 Å². The molecule has 0 fully saturated rings. The second-order valence-electron chi connectivity index (χ2n) is 5.57. The number of carbonyl (C=O) groups is 1. The van der Waals surface area contributed by atoms with Crippen molar-refractivity contribution >= 4 is 5.97 Å². The van der Waals surface area contributed by atoms with Gasteiger partial charge in [-0.05, 0) is 6.92 Å². The largest absolute Gasteiger partial charge is 0.462 e. The third kappa shape index (κ3) is 6.20. The summed E-state index contributed by atoms with van der Waals surface area (Å²) in [6, 6.07) is 10.4. The summed E-state index contributed by atoms with van der Waals surface area (Å²) in [7, 11) is 4.38. The molecular weight excluding hydrogens is 238 g/mol. The first-order chi connectivity index (χ1) is 8.91. The molecule has 0 bridgehead atoms. The lowest BCUT2D eigenvalue weighted by molar-refractivity contribution is -0.903. The Kier molecular flexibility index (Phi) is 5.77. The van der Waals surface area contributed by atoms with Gasteiger partial charge < -0.3 is 9.22 Å². The van der Waals surface area contributed by atoms with Crippen LogP contribution in [0.1, 0.15) is 18.9 Å². The summed E-state index contributed by atoms with van der Waals surface area (Å²) in [5.74, 6) is -0.298. The van der Waals surface area contributed by atoms with Crippen molar-refractivity contribution in [2.45, 2.75) is 19.9 Å². The second kappa shape index (κ2) is 7.10. The molecule has 0 aliphatic carbocycles. The molecule has 0 aromatic heterocycles. The molecule has 19 heavy (non-hydrogen) atoms. The Morgan fingerprint density at radius 2 is 1.89 bits per heavy atom. The highest BCUT2D eigenvalue weighted by Gasteiger charge is 2.15. The lowest BCUT2D eigenvalue weighted by atomic mass is 10.2. The van der Waals surface area contributed by atoms with Gasteiger partial charge in [0.05, 0.1) is 27.2 Å². The van der Waals surface area contributed by atoms with E-state index in [2.05, 4.69) is 44.9 Å².